The van der Waals surface area contributed by atoms with Crippen LogP contribution < -0.4 is 4.74 Å². The normalized spacial score (nSPS) is 10.6. The summed E-state index contributed by atoms with van der Waals surface area (Å²) < 4.78 is 10.6. The van der Waals surface area contributed by atoms with E-state index in [0.29, 0.717) is 29.6 Å². The van der Waals surface area contributed by atoms with Crippen LogP contribution in [0.2, 0.25) is 5.02 Å². The van der Waals surface area contributed by atoms with Gasteiger partial charge in [-0.25, -0.2) is 0 Å². The van der Waals surface area contributed by atoms with Crippen LogP contribution in [0.1, 0.15) is 22.8 Å². The number of hydrogen-bond acceptors (Lipinski definition) is 4. The van der Waals surface area contributed by atoms with E-state index in [1.807, 2.05) is 48.5 Å². The van der Waals surface area contributed by atoms with Gasteiger partial charge in [0.25, 0.3) is 0 Å². The molecule has 3 rings (SSSR count). The van der Waals surface area contributed by atoms with Crippen molar-refractivity contribution in [1.29, 1.82) is 0 Å². The number of methoxy groups -OCH3 is 1. The van der Waals surface area contributed by atoms with Gasteiger partial charge in [-0.05, 0) is 23.8 Å². The second-order valence-electron chi connectivity index (χ2n) is 4.90. The molecular weight excluding hydrogens is 300 g/mol. The van der Waals surface area contributed by atoms with Gasteiger partial charge in [-0.1, -0.05) is 47.1 Å². The maximum absolute atomic E-state index is 5.87. The Balaban J connectivity index is 1.72. The Kier molecular flexibility index (Phi) is 4.39. The first kappa shape index (κ1) is 14.6. The molecule has 1 aromatic heterocycles. The van der Waals surface area contributed by atoms with Gasteiger partial charge in [0.15, 0.2) is 5.82 Å². The summed E-state index contributed by atoms with van der Waals surface area (Å²) in [7, 11) is 1.65. The highest BCUT2D eigenvalue weighted by Crippen LogP contribution is 2.20. The van der Waals surface area contributed by atoms with Gasteiger partial charge in [-0.15, -0.1) is 0 Å². The third-order valence-electron chi connectivity index (χ3n) is 3.32. The van der Waals surface area contributed by atoms with E-state index in [1.54, 1.807) is 7.11 Å². The van der Waals surface area contributed by atoms with E-state index in [2.05, 4.69) is 10.1 Å². The van der Waals surface area contributed by atoms with E-state index >= 15 is 0 Å². The SMILES string of the molecule is COc1ccccc1Cc1noc(Cc2ccc(Cl)cc2)n1. The molecule has 0 spiro atoms. The van der Waals surface area contributed by atoms with Gasteiger partial charge in [0.2, 0.25) is 5.89 Å². The molecule has 0 radical (unpaired) electrons. The third-order valence-corrected chi connectivity index (χ3v) is 3.57. The molecule has 5 heteroatoms. The van der Waals surface area contributed by atoms with Crippen LogP contribution in [0.4, 0.5) is 0 Å². The summed E-state index contributed by atoms with van der Waals surface area (Å²) >= 11 is 5.87. The highest BCUT2D eigenvalue weighted by Gasteiger charge is 2.10. The topological polar surface area (TPSA) is 48.2 Å². The van der Waals surface area contributed by atoms with Crippen molar-refractivity contribution in [2.45, 2.75) is 12.8 Å². The zero-order valence-electron chi connectivity index (χ0n) is 12.1. The van der Waals surface area contributed by atoms with Crippen LogP contribution in [0.25, 0.3) is 0 Å². The van der Waals surface area contributed by atoms with Crippen molar-refractivity contribution < 1.29 is 9.26 Å². The number of nitrogens with zero attached hydrogens (tertiary/aromatic N) is 2. The summed E-state index contributed by atoms with van der Waals surface area (Å²) in [6.07, 6.45) is 1.17. The zero-order valence-corrected chi connectivity index (χ0v) is 12.9. The summed E-state index contributed by atoms with van der Waals surface area (Å²) in [4.78, 5) is 4.43. The summed E-state index contributed by atoms with van der Waals surface area (Å²) in [6.45, 7) is 0. The van der Waals surface area contributed by atoms with Crippen molar-refractivity contribution in [1.82, 2.24) is 10.1 Å². The molecule has 0 N–H and O–H groups in total. The first-order chi connectivity index (χ1) is 10.7. The molecule has 4 nitrogen and oxygen atoms in total. The number of hydrogen-bond donors (Lipinski definition) is 0. The van der Waals surface area contributed by atoms with Crippen LogP contribution in [0, 0.1) is 0 Å². The van der Waals surface area contributed by atoms with Gasteiger partial charge >= 0.3 is 0 Å². The molecule has 1 heterocycles. The van der Waals surface area contributed by atoms with Crippen molar-refractivity contribution in [2.75, 3.05) is 7.11 Å². The van der Waals surface area contributed by atoms with E-state index in [-0.39, 0.29) is 0 Å². The number of rotatable bonds is 5. The highest BCUT2D eigenvalue weighted by molar-refractivity contribution is 6.30. The first-order valence-electron chi connectivity index (χ1n) is 6.92. The summed E-state index contributed by atoms with van der Waals surface area (Å²) in [5, 5.41) is 4.75. The molecule has 0 aliphatic heterocycles. The van der Waals surface area contributed by atoms with Gasteiger partial charge in [0.05, 0.1) is 13.5 Å². The predicted molar refractivity (Wildman–Crippen MR) is 84.4 cm³/mol. The van der Waals surface area contributed by atoms with Crippen LogP contribution in [0.15, 0.2) is 53.1 Å². The van der Waals surface area contributed by atoms with Gasteiger partial charge in [-0.2, -0.15) is 4.98 Å². The number of para-hydroxylation sites is 1. The van der Waals surface area contributed by atoms with Crippen LogP contribution in [-0.2, 0) is 12.8 Å². The van der Waals surface area contributed by atoms with Crippen molar-refractivity contribution in [3.63, 3.8) is 0 Å². The number of benzene rings is 2. The Bertz CT molecular complexity index is 753. The molecule has 0 saturated heterocycles. The second-order valence-corrected chi connectivity index (χ2v) is 5.33. The van der Waals surface area contributed by atoms with Crippen molar-refractivity contribution in [2.24, 2.45) is 0 Å². The Hall–Kier alpha value is -2.33. The largest absolute Gasteiger partial charge is 0.496 e. The number of halogens is 1. The average Bonchev–Trinajstić information content (AvgIpc) is 2.97. The van der Waals surface area contributed by atoms with E-state index in [1.165, 1.54) is 0 Å². The zero-order chi connectivity index (χ0) is 15.4. The lowest BCUT2D eigenvalue weighted by Gasteiger charge is -2.05. The Morgan fingerprint density at radius 1 is 1.05 bits per heavy atom. The lowest BCUT2D eigenvalue weighted by atomic mass is 10.1. The Labute approximate surface area is 133 Å². The average molecular weight is 315 g/mol. The summed E-state index contributed by atoms with van der Waals surface area (Å²) in [5.74, 6) is 2.06. The molecule has 0 fully saturated rings. The van der Waals surface area contributed by atoms with E-state index in [9.17, 15) is 0 Å². The minimum atomic E-state index is 0.578. The molecule has 0 atom stereocenters. The number of ether oxygens (including phenoxy) is 1. The second kappa shape index (κ2) is 6.62. The first-order valence-corrected chi connectivity index (χ1v) is 7.30. The van der Waals surface area contributed by atoms with Crippen molar-refractivity contribution in [3.8, 4) is 5.75 Å². The lowest BCUT2D eigenvalue weighted by molar-refractivity contribution is 0.379. The molecule has 0 aliphatic carbocycles. The quantitative estimate of drug-likeness (QED) is 0.716. The highest BCUT2D eigenvalue weighted by atomic mass is 35.5. The molecule has 0 saturated carbocycles. The maximum Gasteiger partial charge on any atom is 0.231 e. The van der Waals surface area contributed by atoms with Gasteiger partial charge in [-0.3, -0.25) is 0 Å². The molecule has 0 bridgehead atoms. The molecule has 0 unspecified atom stereocenters. The third kappa shape index (κ3) is 3.46. The van der Waals surface area contributed by atoms with Crippen LogP contribution in [0.5, 0.6) is 5.75 Å². The maximum atomic E-state index is 5.87. The Morgan fingerprint density at radius 2 is 1.82 bits per heavy atom. The summed E-state index contributed by atoms with van der Waals surface area (Å²) in [6, 6.07) is 15.4. The van der Waals surface area contributed by atoms with Crippen LogP contribution in [-0.4, -0.2) is 17.3 Å². The monoisotopic (exact) mass is 314 g/mol. The summed E-state index contributed by atoms with van der Waals surface area (Å²) in [5.41, 5.74) is 2.11. The standard InChI is InChI=1S/C17H15ClN2O2/c1-21-15-5-3-2-4-13(15)11-16-19-17(22-20-16)10-12-6-8-14(18)9-7-12/h2-9H,10-11H2,1H3. The lowest BCUT2D eigenvalue weighted by Crippen LogP contribution is -1.95. The minimum absolute atomic E-state index is 0.578. The van der Waals surface area contributed by atoms with Gasteiger partial charge in [0, 0.05) is 17.0 Å². The van der Waals surface area contributed by atoms with Gasteiger partial charge < -0.3 is 9.26 Å². The number of aromatic nitrogens is 2. The molecule has 3 aromatic rings. The Morgan fingerprint density at radius 3 is 2.59 bits per heavy atom. The molecule has 0 aliphatic rings. The fourth-order valence-electron chi connectivity index (χ4n) is 2.23. The fourth-order valence-corrected chi connectivity index (χ4v) is 2.36. The van der Waals surface area contributed by atoms with Crippen molar-refractivity contribution in [3.05, 3.63) is 76.4 Å². The smallest absolute Gasteiger partial charge is 0.231 e. The molecule has 2 aromatic carbocycles. The molecular formula is C17H15ClN2O2. The minimum Gasteiger partial charge on any atom is -0.496 e. The predicted octanol–water partition coefficient (Wildman–Crippen LogP) is 3.91. The van der Waals surface area contributed by atoms with Crippen molar-refractivity contribution >= 4 is 11.6 Å². The fraction of sp³-hybridized carbons (Fsp3) is 0.176. The molecule has 22 heavy (non-hydrogen) atoms. The van der Waals surface area contributed by atoms with Crippen LogP contribution in [0.3, 0.4) is 0 Å². The molecule has 112 valence electrons. The van der Waals surface area contributed by atoms with E-state index < -0.39 is 0 Å². The van der Waals surface area contributed by atoms with Crippen LogP contribution >= 0.6 is 11.6 Å². The molecule has 0 amide bonds. The van der Waals surface area contributed by atoms with Gasteiger partial charge in [0.1, 0.15) is 5.75 Å². The van der Waals surface area contributed by atoms with E-state index in [4.69, 9.17) is 20.9 Å². The van der Waals surface area contributed by atoms with E-state index in [0.717, 1.165) is 16.9 Å².